The molecule has 0 fully saturated rings. The molecule has 3 N–H and O–H groups in total. The molecule has 2 heterocycles. The van der Waals surface area contributed by atoms with E-state index >= 15 is 0 Å². The van der Waals surface area contributed by atoms with Crippen molar-refractivity contribution in [3.05, 3.63) is 47.9 Å². The number of methoxy groups -OCH3 is 3. The van der Waals surface area contributed by atoms with Crippen molar-refractivity contribution in [2.75, 3.05) is 27.1 Å². The molecule has 0 amide bonds. The number of hydrogen-bond donors (Lipinski definition) is 2. The average molecular weight is 354 g/mol. The highest BCUT2D eigenvalue weighted by molar-refractivity contribution is 6.12. The van der Waals surface area contributed by atoms with Gasteiger partial charge in [-0.05, 0) is 24.3 Å². The van der Waals surface area contributed by atoms with Gasteiger partial charge in [0.2, 0.25) is 11.5 Å². The highest BCUT2D eigenvalue weighted by atomic mass is 16.5. The van der Waals surface area contributed by atoms with Crippen LogP contribution in [0.3, 0.4) is 0 Å². The average Bonchev–Trinajstić information content (AvgIpc) is 3.08. The van der Waals surface area contributed by atoms with Crippen LogP contribution in [0.15, 0.2) is 36.7 Å². The van der Waals surface area contributed by atoms with E-state index < -0.39 is 0 Å². The van der Waals surface area contributed by atoms with E-state index in [1.165, 1.54) is 21.3 Å². The van der Waals surface area contributed by atoms with Crippen molar-refractivity contribution in [2.45, 2.75) is 0 Å². The van der Waals surface area contributed by atoms with Crippen molar-refractivity contribution in [1.29, 1.82) is 0 Å². The minimum absolute atomic E-state index is 0.139. The minimum atomic E-state index is -0.313. The fourth-order valence-corrected chi connectivity index (χ4v) is 2.62. The zero-order chi connectivity index (χ0) is 18.7. The third kappa shape index (κ3) is 3.04. The molecule has 134 valence electrons. The molecule has 0 aliphatic rings. The summed E-state index contributed by atoms with van der Waals surface area (Å²) in [5.41, 5.74) is 7.48. The number of pyridine rings is 1. The number of aromatic amines is 1. The quantitative estimate of drug-likeness (QED) is 0.653. The number of anilines is 1. The van der Waals surface area contributed by atoms with Crippen LogP contribution in [0.4, 0.5) is 5.95 Å². The first kappa shape index (κ1) is 17.3. The van der Waals surface area contributed by atoms with Gasteiger partial charge in [0.05, 0.1) is 21.3 Å². The van der Waals surface area contributed by atoms with Crippen molar-refractivity contribution >= 4 is 11.7 Å². The van der Waals surface area contributed by atoms with Crippen LogP contribution in [-0.2, 0) is 0 Å². The highest BCUT2D eigenvalue weighted by Gasteiger charge is 2.23. The van der Waals surface area contributed by atoms with Crippen LogP contribution in [0.25, 0.3) is 11.3 Å². The number of aromatic nitrogens is 3. The topological polar surface area (TPSA) is 112 Å². The van der Waals surface area contributed by atoms with E-state index in [4.69, 9.17) is 19.9 Å². The summed E-state index contributed by atoms with van der Waals surface area (Å²) in [6, 6.07) is 6.71. The van der Waals surface area contributed by atoms with E-state index in [1.54, 1.807) is 36.7 Å². The fraction of sp³-hybridized carbons (Fsp3) is 0.167. The Kier molecular flexibility index (Phi) is 4.74. The summed E-state index contributed by atoms with van der Waals surface area (Å²) in [5.74, 6) is 0.992. The van der Waals surface area contributed by atoms with E-state index in [0.717, 1.165) is 0 Å². The summed E-state index contributed by atoms with van der Waals surface area (Å²) < 4.78 is 15.9. The van der Waals surface area contributed by atoms with E-state index in [2.05, 4.69) is 15.0 Å². The zero-order valence-corrected chi connectivity index (χ0v) is 14.6. The maximum Gasteiger partial charge on any atom is 0.211 e. The van der Waals surface area contributed by atoms with E-state index in [1.807, 2.05) is 0 Å². The monoisotopic (exact) mass is 354 g/mol. The summed E-state index contributed by atoms with van der Waals surface area (Å²) in [7, 11) is 4.47. The Morgan fingerprint density at radius 2 is 1.81 bits per heavy atom. The zero-order valence-electron chi connectivity index (χ0n) is 14.6. The van der Waals surface area contributed by atoms with Crippen LogP contribution >= 0.6 is 0 Å². The largest absolute Gasteiger partial charge is 0.493 e. The number of carbonyl (C=O) groups excluding carboxylic acids is 1. The molecular weight excluding hydrogens is 336 g/mol. The van der Waals surface area contributed by atoms with Gasteiger partial charge in [0, 0.05) is 23.5 Å². The van der Waals surface area contributed by atoms with E-state index in [9.17, 15) is 4.79 Å². The number of ketones is 1. The Morgan fingerprint density at radius 3 is 2.35 bits per heavy atom. The summed E-state index contributed by atoms with van der Waals surface area (Å²) in [6.45, 7) is 0. The Morgan fingerprint density at radius 1 is 1.12 bits per heavy atom. The Labute approximate surface area is 149 Å². The van der Waals surface area contributed by atoms with E-state index in [0.29, 0.717) is 34.1 Å². The molecule has 0 saturated heterocycles. The van der Waals surface area contributed by atoms with Crippen molar-refractivity contribution < 1.29 is 19.0 Å². The Bertz CT molecular complexity index is 913. The molecule has 26 heavy (non-hydrogen) atoms. The van der Waals surface area contributed by atoms with Crippen LogP contribution in [0, 0.1) is 0 Å². The minimum Gasteiger partial charge on any atom is -0.493 e. The normalized spacial score (nSPS) is 10.4. The molecule has 0 bridgehead atoms. The number of rotatable bonds is 6. The number of nitrogens with one attached hydrogen (secondary N) is 1. The van der Waals surface area contributed by atoms with Gasteiger partial charge in [0.25, 0.3) is 0 Å². The molecule has 1 aromatic carbocycles. The van der Waals surface area contributed by atoms with Crippen LogP contribution in [0.1, 0.15) is 16.1 Å². The third-order valence-electron chi connectivity index (χ3n) is 3.81. The first-order valence-electron chi connectivity index (χ1n) is 7.69. The van der Waals surface area contributed by atoms with Crippen molar-refractivity contribution in [3.63, 3.8) is 0 Å². The molecular formula is C18H18N4O4. The number of H-pyrrole nitrogens is 1. The molecule has 8 heteroatoms. The first-order valence-corrected chi connectivity index (χ1v) is 7.69. The fourth-order valence-electron chi connectivity index (χ4n) is 2.62. The predicted molar refractivity (Wildman–Crippen MR) is 95.8 cm³/mol. The number of nitrogens with two attached hydrogens (primary N) is 1. The standard InChI is InChI=1S/C18H18N4O4/c1-24-12-7-11(8-13(25-2)17(12)26-3)16(23)15-14(21-18(19)22-15)10-5-4-6-20-9-10/h4-9H,1-3H3,(H3,19,21,22). The maximum atomic E-state index is 13.1. The van der Waals surface area contributed by atoms with Gasteiger partial charge in [-0.25, -0.2) is 4.98 Å². The summed E-state index contributed by atoms with van der Waals surface area (Å²) in [4.78, 5) is 24.2. The van der Waals surface area contributed by atoms with Gasteiger partial charge < -0.3 is 24.9 Å². The lowest BCUT2D eigenvalue weighted by atomic mass is 10.0. The number of imidazole rings is 1. The maximum absolute atomic E-state index is 13.1. The molecule has 3 aromatic rings. The molecule has 0 unspecified atom stereocenters. The van der Waals surface area contributed by atoms with Gasteiger partial charge in [-0.2, -0.15) is 0 Å². The summed E-state index contributed by atoms with van der Waals surface area (Å²) >= 11 is 0. The molecule has 0 aliphatic heterocycles. The Balaban J connectivity index is 2.11. The molecule has 3 rings (SSSR count). The lowest BCUT2D eigenvalue weighted by Gasteiger charge is -2.13. The summed E-state index contributed by atoms with van der Waals surface area (Å²) in [6.07, 6.45) is 3.25. The summed E-state index contributed by atoms with van der Waals surface area (Å²) in [5, 5.41) is 0. The lowest BCUT2D eigenvalue weighted by molar-refractivity contribution is 0.103. The number of nitrogens with zero attached hydrogens (tertiary/aromatic N) is 2. The number of carbonyl (C=O) groups is 1. The second-order valence-corrected chi connectivity index (χ2v) is 5.33. The molecule has 0 spiro atoms. The molecule has 0 saturated carbocycles. The SMILES string of the molecule is COc1cc(C(=O)c2[nH]c(N)nc2-c2cccnc2)cc(OC)c1OC. The molecule has 0 atom stereocenters. The van der Waals surface area contributed by atoms with Gasteiger partial charge in [-0.3, -0.25) is 9.78 Å². The van der Waals surface area contributed by atoms with Crippen molar-refractivity contribution in [1.82, 2.24) is 15.0 Å². The van der Waals surface area contributed by atoms with Gasteiger partial charge in [0.15, 0.2) is 17.4 Å². The third-order valence-corrected chi connectivity index (χ3v) is 3.81. The van der Waals surface area contributed by atoms with Crippen molar-refractivity contribution in [3.8, 4) is 28.5 Å². The van der Waals surface area contributed by atoms with Crippen LogP contribution < -0.4 is 19.9 Å². The first-order chi connectivity index (χ1) is 12.6. The molecule has 8 nitrogen and oxygen atoms in total. The Hall–Kier alpha value is -3.55. The van der Waals surface area contributed by atoms with Crippen LogP contribution in [-0.4, -0.2) is 42.1 Å². The number of hydrogen-bond acceptors (Lipinski definition) is 7. The lowest BCUT2D eigenvalue weighted by Crippen LogP contribution is -2.06. The number of benzene rings is 1. The molecule has 0 radical (unpaired) electrons. The van der Waals surface area contributed by atoms with Crippen LogP contribution in [0.5, 0.6) is 17.2 Å². The van der Waals surface area contributed by atoms with Crippen molar-refractivity contribution in [2.24, 2.45) is 0 Å². The van der Waals surface area contributed by atoms with E-state index in [-0.39, 0.29) is 17.4 Å². The smallest absolute Gasteiger partial charge is 0.211 e. The van der Waals surface area contributed by atoms with Gasteiger partial charge in [-0.1, -0.05) is 0 Å². The second-order valence-electron chi connectivity index (χ2n) is 5.33. The number of nitrogen functional groups attached to an aromatic ring is 1. The predicted octanol–water partition coefficient (Wildman–Crippen LogP) is 2.31. The molecule has 2 aromatic heterocycles. The van der Waals surface area contributed by atoms with Gasteiger partial charge in [-0.15, -0.1) is 0 Å². The second kappa shape index (κ2) is 7.14. The van der Waals surface area contributed by atoms with Crippen LogP contribution in [0.2, 0.25) is 0 Å². The van der Waals surface area contributed by atoms with Gasteiger partial charge in [0.1, 0.15) is 11.4 Å². The van der Waals surface area contributed by atoms with Gasteiger partial charge >= 0.3 is 0 Å². The number of ether oxygens (including phenoxy) is 3. The molecule has 0 aliphatic carbocycles. The highest BCUT2D eigenvalue weighted by Crippen LogP contribution is 2.39.